The Balaban J connectivity index is 1.99. The van der Waals surface area contributed by atoms with Gasteiger partial charge in [-0.25, -0.2) is 0 Å². The molecule has 1 N–H and O–H groups in total. The molecule has 1 saturated heterocycles. The summed E-state index contributed by atoms with van der Waals surface area (Å²) in [5.74, 6) is 1.05. The van der Waals surface area contributed by atoms with Crippen LogP contribution >= 0.6 is 0 Å². The van der Waals surface area contributed by atoms with Crippen LogP contribution in [0.25, 0.3) is 0 Å². The molecule has 0 aliphatic carbocycles. The third kappa shape index (κ3) is 3.24. The highest BCUT2D eigenvalue weighted by Gasteiger charge is 2.25. The Morgan fingerprint density at radius 2 is 2.41 bits per heavy atom. The molecule has 0 saturated carbocycles. The maximum absolute atomic E-state index is 9.24. The molecule has 6 heteroatoms. The van der Waals surface area contributed by atoms with Crippen LogP contribution in [0.5, 0.6) is 0 Å². The quantitative estimate of drug-likeness (QED) is 0.822. The van der Waals surface area contributed by atoms with Crippen molar-refractivity contribution in [1.29, 1.82) is 0 Å². The van der Waals surface area contributed by atoms with Crippen molar-refractivity contribution in [2.75, 3.05) is 26.2 Å². The van der Waals surface area contributed by atoms with Gasteiger partial charge in [-0.15, -0.1) is 0 Å². The number of rotatable bonds is 4. The molecule has 17 heavy (non-hydrogen) atoms. The van der Waals surface area contributed by atoms with Crippen molar-refractivity contribution < 1.29 is 14.4 Å². The number of hydrogen-bond donors (Lipinski definition) is 1. The van der Waals surface area contributed by atoms with Crippen molar-refractivity contribution in [3.8, 4) is 0 Å². The van der Waals surface area contributed by atoms with Gasteiger partial charge in [0, 0.05) is 13.1 Å². The van der Waals surface area contributed by atoms with E-state index in [0.717, 1.165) is 19.6 Å². The molecule has 1 aliphatic rings. The van der Waals surface area contributed by atoms with Gasteiger partial charge in [-0.3, -0.25) is 4.90 Å². The second-order valence-corrected chi connectivity index (χ2v) is 4.35. The zero-order chi connectivity index (χ0) is 12.3. The van der Waals surface area contributed by atoms with Gasteiger partial charge in [-0.05, 0) is 13.5 Å². The standard InChI is InChI=1S/C11H19N3O3/c1-3-14-4-5-16-9(7-14)11-12-10(17-13-11)6-8(2)15/h8-9,15H,3-7H2,1-2H3. The first-order chi connectivity index (χ1) is 8.19. The molecule has 2 unspecified atom stereocenters. The molecule has 2 atom stereocenters. The summed E-state index contributed by atoms with van der Waals surface area (Å²) in [5, 5.41) is 13.2. The lowest BCUT2D eigenvalue weighted by Gasteiger charge is -2.30. The van der Waals surface area contributed by atoms with Crippen LogP contribution in [0.3, 0.4) is 0 Å². The van der Waals surface area contributed by atoms with E-state index >= 15 is 0 Å². The SMILES string of the molecule is CCN1CCOC(c2noc(CC(C)O)n2)C1. The molecule has 1 aromatic rings. The van der Waals surface area contributed by atoms with Gasteiger partial charge in [0.1, 0.15) is 6.10 Å². The number of aliphatic hydroxyl groups excluding tert-OH is 1. The smallest absolute Gasteiger partial charge is 0.229 e. The second-order valence-electron chi connectivity index (χ2n) is 4.35. The molecular weight excluding hydrogens is 222 g/mol. The van der Waals surface area contributed by atoms with E-state index in [2.05, 4.69) is 22.0 Å². The van der Waals surface area contributed by atoms with Crippen molar-refractivity contribution in [2.45, 2.75) is 32.5 Å². The largest absolute Gasteiger partial charge is 0.393 e. The zero-order valence-corrected chi connectivity index (χ0v) is 10.3. The van der Waals surface area contributed by atoms with Crippen LogP contribution in [0, 0.1) is 0 Å². The maximum atomic E-state index is 9.24. The Morgan fingerprint density at radius 1 is 1.59 bits per heavy atom. The lowest BCUT2D eigenvalue weighted by Crippen LogP contribution is -2.38. The first kappa shape index (κ1) is 12.5. The predicted molar refractivity (Wildman–Crippen MR) is 60.5 cm³/mol. The van der Waals surface area contributed by atoms with E-state index in [-0.39, 0.29) is 6.10 Å². The first-order valence-corrected chi connectivity index (χ1v) is 6.03. The van der Waals surface area contributed by atoms with E-state index in [1.807, 2.05) is 0 Å². The van der Waals surface area contributed by atoms with Crippen LogP contribution in [-0.2, 0) is 11.2 Å². The van der Waals surface area contributed by atoms with E-state index in [9.17, 15) is 5.11 Å². The van der Waals surface area contributed by atoms with Crippen LogP contribution in [0.4, 0.5) is 0 Å². The normalized spacial score (nSPS) is 23.8. The van der Waals surface area contributed by atoms with Crippen molar-refractivity contribution in [3.63, 3.8) is 0 Å². The van der Waals surface area contributed by atoms with Gasteiger partial charge < -0.3 is 14.4 Å². The molecule has 1 aromatic heterocycles. The molecule has 0 amide bonds. The van der Waals surface area contributed by atoms with E-state index in [4.69, 9.17) is 9.26 Å². The third-order valence-electron chi connectivity index (χ3n) is 2.84. The Labute approximate surface area is 101 Å². The summed E-state index contributed by atoms with van der Waals surface area (Å²) in [6.07, 6.45) is -0.199. The number of morpholine rings is 1. The van der Waals surface area contributed by atoms with E-state index in [1.54, 1.807) is 6.92 Å². The number of aromatic nitrogens is 2. The fourth-order valence-electron chi connectivity index (χ4n) is 1.88. The molecule has 0 spiro atoms. The summed E-state index contributed by atoms with van der Waals surface area (Å²) in [7, 11) is 0. The fraction of sp³-hybridized carbons (Fsp3) is 0.818. The Hall–Kier alpha value is -0.980. The number of hydrogen-bond acceptors (Lipinski definition) is 6. The molecule has 6 nitrogen and oxygen atoms in total. The van der Waals surface area contributed by atoms with Crippen molar-refractivity contribution in [1.82, 2.24) is 15.0 Å². The molecule has 1 fully saturated rings. The van der Waals surface area contributed by atoms with Gasteiger partial charge in [0.15, 0.2) is 0 Å². The number of ether oxygens (including phenoxy) is 1. The maximum Gasteiger partial charge on any atom is 0.229 e. The van der Waals surface area contributed by atoms with Crippen molar-refractivity contribution in [2.24, 2.45) is 0 Å². The molecule has 96 valence electrons. The number of nitrogens with zero attached hydrogens (tertiary/aromatic N) is 3. The molecule has 2 rings (SSSR count). The Morgan fingerprint density at radius 3 is 3.12 bits per heavy atom. The van der Waals surface area contributed by atoms with Crippen LogP contribution in [0.15, 0.2) is 4.52 Å². The molecule has 0 aromatic carbocycles. The van der Waals surface area contributed by atoms with E-state index in [1.165, 1.54) is 0 Å². The van der Waals surface area contributed by atoms with Crippen LogP contribution in [-0.4, -0.2) is 52.5 Å². The summed E-state index contributed by atoms with van der Waals surface area (Å²) >= 11 is 0. The first-order valence-electron chi connectivity index (χ1n) is 6.03. The summed E-state index contributed by atoms with van der Waals surface area (Å²) in [6.45, 7) is 7.25. The highest BCUT2D eigenvalue weighted by atomic mass is 16.5. The average Bonchev–Trinajstić information content (AvgIpc) is 2.77. The minimum Gasteiger partial charge on any atom is -0.393 e. The van der Waals surface area contributed by atoms with Crippen molar-refractivity contribution >= 4 is 0 Å². The average molecular weight is 241 g/mol. The molecule has 2 heterocycles. The highest BCUT2D eigenvalue weighted by Crippen LogP contribution is 2.19. The minimum absolute atomic E-state index is 0.116. The number of aliphatic hydroxyl groups is 1. The minimum atomic E-state index is -0.470. The fourth-order valence-corrected chi connectivity index (χ4v) is 1.88. The monoisotopic (exact) mass is 241 g/mol. The van der Waals surface area contributed by atoms with Crippen LogP contribution < -0.4 is 0 Å². The van der Waals surface area contributed by atoms with E-state index < -0.39 is 6.10 Å². The lowest BCUT2D eigenvalue weighted by atomic mass is 10.2. The highest BCUT2D eigenvalue weighted by molar-refractivity contribution is 4.94. The van der Waals surface area contributed by atoms with Crippen LogP contribution in [0.1, 0.15) is 31.7 Å². The molecule has 0 radical (unpaired) electrons. The lowest BCUT2D eigenvalue weighted by molar-refractivity contribution is -0.0334. The molecule has 0 bridgehead atoms. The predicted octanol–water partition coefficient (Wildman–Crippen LogP) is 0.386. The van der Waals surface area contributed by atoms with Gasteiger partial charge in [0.05, 0.1) is 19.1 Å². The van der Waals surface area contributed by atoms with Gasteiger partial charge in [0.25, 0.3) is 0 Å². The van der Waals surface area contributed by atoms with Gasteiger partial charge in [-0.1, -0.05) is 12.1 Å². The Bertz CT molecular complexity index is 353. The van der Waals surface area contributed by atoms with Crippen LogP contribution in [0.2, 0.25) is 0 Å². The summed E-state index contributed by atoms with van der Waals surface area (Å²) in [4.78, 5) is 6.54. The summed E-state index contributed by atoms with van der Waals surface area (Å²) < 4.78 is 10.7. The zero-order valence-electron chi connectivity index (χ0n) is 10.3. The number of likely N-dealkylation sites (N-methyl/N-ethyl adjacent to an activating group) is 1. The molecular formula is C11H19N3O3. The summed E-state index contributed by atoms with van der Waals surface area (Å²) in [5.41, 5.74) is 0. The van der Waals surface area contributed by atoms with Gasteiger partial charge >= 0.3 is 0 Å². The van der Waals surface area contributed by atoms with E-state index in [0.29, 0.717) is 24.7 Å². The molecule has 1 aliphatic heterocycles. The third-order valence-corrected chi connectivity index (χ3v) is 2.84. The van der Waals surface area contributed by atoms with Gasteiger partial charge in [0.2, 0.25) is 11.7 Å². The Kier molecular flexibility index (Phi) is 4.09. The summed E-state index contributed by atoms with van der Waals surface area (Å²) in [6, 6.07) is 0. The topological polar surface area (TPSA) is 71.6 Å². The van der Waals surface area contributed by atoms with Crippen molar-refractivity contribution in [3.05, 3.63) is 11.7 Å². The van der Waals surface area contributed by atoms with Gasteiger partial charge in [-0.2, -0.15) is 4.98 Å². The second kappa shape index (κ2) is 5.57.